The van der Waals surface area contributed by atoms with Gasteiger partial charge in [0.25, 0.3) is 11.8 Å². The molecule has 0 atom stereocenters. The Morgan fingerprint density at radius 2 is 1.57 bits per heavy atom. The van der Waals surface area contributed by atoms with Gasteiger partial charge in [-0.25, -0.2) is 9.82 Å². The Hall–Kier alpha value is -3.51. The van der Waals surface area contributed by atoms with Crippen LogP contribution in [0.4, 0.5) is 10.1 Å². The fraction of sp³-hybridized carbons (Fsp3) is 0. The summed E-state index contributed by atoms with van der Waals surface area (Å²) >= 11 is 5.89. The second-order valence-corrected chi connectivity index (χ2v) is 6.23. The summed E-state index contributed by atoms with van der Waals surface area (Å²) in [6, 6.07) is 18.7. The SMILES string of the molecule is O=C(N/N=C\c1ccc(F)cc1)c1cccc(NC(=O)c2cccc(Cl)c2)c1. The van der Waals surface area contributed by atoms with E-state index in [2.05, 4.69) is 15.8 Å². The third-order valence-electron chi connectivity index (χ3n) is 3.72. The largest absolute Gasteiger partial charge is 0.322 e. The maximum Gasteiger partial charge on any atom is 0.271 e. The zero-order valence-electron chi connectivity index (χ0n) is 14.5. The summed E-state index contributed by atoms with van der Waals surface area (Å²) in [5, 5.41) is 7.02. The molecule has 0 aliphatic carbocycles. The molecular formula is C21H15ClFN3O2. The van der Waals surface area contributed by atoms with E-state index < -0.39 is 5.91 Å². The smallest absolute Gasteiger partial charge is 0.271 e. The van der Waals surface area contributed by atoms with Crippen molar-refractivity contribution in [2.24, 2.45) is 5.10 Å². The van der Waals surface area contributed by atoms with Crippen LogP contribution in [0.5, 0.6) is 0 Å². The van der Waals surface area contributed by atoms with Crippen molar-refractivity contribution in [3.8, 4) is 0 Å². The van der Waals surface area contributed by atoms with E-state index in [-0.39, 0.29) is 11.7 Å². The van der Waals surface area contributed by atoms with Crippen molar-refractivity contribution in [1.82, 2.24) is 5.43 Å². The molecule has 2 amide bonds. The van der Waals surface area contributed by atoms with E-state index in [0.717, 1.165) is 0 Å². The van der Waals surface area contributed by atoms with E-state index in [9.17, 15) is 14.0 Å². The van der Waals surface area contributed by atoms with Crippen molar-refractivity contribution in [1.29, 1.82) is 0 Å². The van der Waals surface area contributed by atoms with Crippen LogP contribution < -0.4 is 10.7 Å². The van der Waals surface area contributed by atoms with Gasteiger partial charge in [-0.2, -0.15) is 5.10 Å². The third kappa shape index (κ3) is 5.25. The number of anilines is 1. The summed E-state index contributed by atoms with van der Waals surface area (Å²) in [7, 11) is 0. The van der Waals surface area contributed by atoms with Gasteiger partial charge in [-0.15, -0.1) is 0 Å². The minimum atomic E-state index is -0.447. The summed E-state index contributed by atoms with van der Waals surface area (Å²) in [6.07, 6.45) is 1.40. The van der Waals surface area contributed by atoms with Crippen LogP contribution >= 0.6 is 11.6 Å². The second kappa shape index (κ2) is 8.92. The zero-order chi connectivity index (χ0) is 19.9. The summed E-state index contributed by atoms with van der Waals surface area (Å²) in [5.74, 6) is -1.13. The van der Waals surface area contributed by atoms with E-state index in [1.54, 1.807) is 42.5 Å². The highest BCUT2D eigenvalue weighted by Crippen LogP contribution is 2.15. The van der Waals surface area contributed by atoms with Crippen molar-refractivity contribution in [3.05, 3.63) is 100 Å². The van der Waals surface area contributed by atoms with Crippen LogP contribution in [0.15, 0.2) is 77.9 Å². The normalized spacial score (nSPS) is 10.6. The topological polar surface area (TPSA) is 70.6 Å². The van der Waals surface area contributed by atoms with E-state index in [1.165, 1.54) is 36.5 Å². The van der Waals surface area contributed by atoms with Crippen LogP contribution in [-0.2, 0) is 0 Å². The maximum atomic E-state index is 12.9. The number of nitrogens with zero attached hydrogens (tertiary/aromatic N) is 1. The van der Waals surface area contributed by atoms with E-state index in [4.69, 9.17) is 11.6 Å². The molecule has 0 aliphatic heterocycles. The number of benzene rings is 3. The first-order valence-corrected chi connectivity index (χ1v) is 8.65. The number of carbonyl (C=O) groups excluding carboxylic acids is 2. The highest BCUT2D eigenvalue weighted by Gasteiger charge is 2.09. The molecule has 28 heavy (non-hydrogen) atoms. The molecule has 7 heteroatoms. The number of carbonyl (C=O) groups is 2. The van der Waals surface area contributed by atoms with Gasteiger partial charge in [0.1, 0.15) is 5.82 Å². The van der Waals surface area contributed by atoms with Gasteiger partial charge in [0.15, 0.2) is 0 Å². The van der Waals surface area contributed by atoms with Gasteiger partial charge >= 0.3 is 0 Å². The number of hydrogen-bond acceptors (Lipinski definition) is 3. The van der Waals surface area contributed by atoms with Gasteiger partial charge in [0.05, 0.1) is 6.21 Å². The fourth-order valence-corrected chi connectivity index (χ4v) is 2.54. The Kier molecular flexibility index (Phi) is 6.14. The minimum Gasteiger partial charge on any atom is -0.322 e. The first kappa shape index (κ1) is 19.3. The van der Waals surface area contributed by atoms with Gasteiger partial charge in [-0.1, -0.05) is 35.9 Å². The quantitative estimate of drug-likeness (QED) is 0.493. The lowest BCUT2D eigenvalue weighted by Crippen LogP contribution is -2.18. The van der Waals surface area contributed by atoms with Gasteiger partial charge in [-0.05, 0) is 54.1 Å². The first-order chi connectivity index (χ1) is 13.5. The number of hydrazone groups is 1. The van der Waals surface area contributed by atoms with Crippen molar-refractivity contribution in [2.75, 3.05) is 5.32 Å². The lowest BCUT2D eigenvalue weighted by molar-refractivity contribution is 0.0953. The summed E-state index contributed by atoms with van der Waals surface area (Å²) in [6.45, 7) is 0. The van der Waals surface area contributed by atoms with Crippen LogP contribution in [0, 0.1) is 5.82 Å². The average molecular weight is 396 g/mol. The number of rotatable bonds is 5. The molecule has 0 aromatic heterocycles. The Bertz CT molecular complexity index is 1040. The molecule has 2 N–H and O–H groups in total. The van der Waals surface area contributed by atoms with Gasteiger partial charge in [-0.3, -0.25) is 9.59 Å². The molecule has 0 fully saturated rings. The monoisotopic (exact) mass is 395 g/mol. The Morgan fingerprint density at radius 3 is 2.29 bits per heavy atom. The maximum absolute atomic E-state index is 12.9. The Morgan fingerprint density at radius 1 is 0.893 bits per heavy atom. The number of nitrogens with one attached hydrogen (secondary N) is 2. The lowest BCUT2D eigenvalue weighted by atomic mass is 10.1. The molecule has 0 spiro atoms. The van der Waals surface area contributed by atoms with Crippen LogP contribution in [-0.4, -0.2) is 18.0 Å². The Labute approximate surface area is 165 Å². The molecule has 0 saturated carbocycles. The molecule has 0 bridgehead atoms. The molecule has 3 rings (SSSR count). The lowest BCUT2D eigenvalue weighted by Gasteiger charge is -2.07. The van der Waals surface area contributed by atoms with Crippen molar-refractivity contribution >= 4 is 35.3 Å². The third-order valence-corrected chi connectivity index (χ3v) is 3.95. The molecular weight excluding hydrogens is 381 g/mol. The average Bonchev–Trinajstić information content (AvgIpc) is 2.69. The van der Waals surface area contributed by atoms with Crippen LogP contribution in [0.2, 0.25) is 5.02 Å². The molecule has 3 aromatic carbocycles. The first-order valence-electron chi connectivity index (χ1n) is 8.27. The predicted molar refractivity (Wildman–Crippen MR) is 107 cm³/mol. The summed E-state index contributed by atoms with van der Waals surface area (Å²) in [5.41, 5.74) is 4.22. The molecule has 0 saturated heterocycles. The number of amides is 2. The molecule has 3 aromatic rings. The second-order valence-electron chi connectivity index (χ2n) is 5.80. The predicted octanol–water partition coefficient (Wildman–Crippen LogP) is 4.50. The number of halogens is 2. The van der Waals surface area contributed by atoms with Crippen molar-refractivity contribution in [2.45, 2.75) is 0 Å². The van der Waals surface area contributed by atoms with Gasteiger partial charge < -0.3 is 5.32 Å². The molecule has 140 valence electrons. The Balaban J connectivity index is 1.64. The highest BCUT2D eigenvalue weighted by atomic mass is 35.5. The van der Waals surface area contributed by atoms with E-state index in [0.29, 0.717) is 27.4 Å². The molecule has 0 radical (unpaired) electrons. The van der Waals surface area contributed by atoms with Crippen LogP contribution in [0.3, 0.4) is 0 Å². The molecule has 0 unspecified atom stereocenters. The van der Waals surface area contributed by atoms with Crippen LogP contribution in [0.25, 0.3) is 0 Å². The van der Waals surface area contributed by atoms with Gasteiger partial charge in [0, 0.05) is 21.8 Å². The van der Waals surface area contributed by atoms with Gasteiger partial charge in [0.2, 0.25) is 0 Å². The molecule has 5 nitrogen and oxygen atoms in total. The van der Waals surface area contributed by atoms with E-state index >= 15 is 0 Å². The highest BCUT2D eigenvalue weighted by molar-refractivity contribution is 6.31. The fourth-order valence-electron chi connectivity index (χ4n) is 2.35. The summed E-state index contributed by atoms with van der Waals surface area (Å²) < 4.78 is 12.9. The van der Waals surface area contributed by atoms with Crippen molar-refractivity contribution < 1.29 is 14.0 Å². The minimum absolute atomic E-state index is 0.320. The number of hydrogen-bond donors (Lipinski definition) is 2. The van der Waals surface area contributed by atoms with Crippen LogP contribution in [0.1, 0.15) is 26.3 Å². The zero-order valence-corrected chi connectivity index (χ0v) is 15.3. The van der Waals surface area contributed by atoms with Crippen molar-refractivity contribution in [3.63, 3.8) is 0 Å². The van der Waals surface area contributed by atoms with E-state index in [1.807, 2.05) is 0 Å². The summed E-state index contributed by atoms with van der Waals surface area (Å²) in [4.78, 5) is 24.5. The molecule has 0 aliphatic rings. The molecule has 0 heterocycles. The standard InChI is InChI=1S/C21H15ClFN3O2/c22-17-5-1-3-15(11-17)20(27)25-19-6-2-4-16(12-19)21(28)26-24-13-14-7-9-18(23)10-8-14/h1-13H,(H,25,27)(H,26,28)/b24-13-.